The van der Waals surface area contributed by atoms with E-state index >= 15 is 0 Å². The fourth-order valence-electron chi connectivity index (χ4n) is 4.43. The Morgan fingerprint density at radius 1 is 1.04 bits per heavy atom. The molecule has 0 aliphatic carbocycles. The fourth-order valence-corrected chi connectivity index (χ4v) is 5.12. The molecule has 1 unspecified atom stereocenters. The third-order valence-electron chi connectivity index (χ3n) is 5.84. The molecular formula is C20H28N4OS. The first kappa shape index (κ1) is 17.7. The molecule has 0 N–H and O–H groups in total. The van der Waals surface area contributed by atoms with Crippen molar-refractivity contribution in [3.05, 3.63) is 35.6 Å². The van der Waals surface area contributed by atoms with Crippen molar-refractivity contribution in [3.8, 4) is 5.75 Å². The molecule has 2 aromatic heterocycles. The van der Waals surface area contributed by atoms with Crippen molar-refractivity contribution >= 4 is 16.5 Å². The Balaban J connectivity index is 1.33. The molecule has 5 nitrogen and oxygen atoms in total. The van der Waals surface area contributed by atoms with Crippen LogP contribution in [0.25, 0.3) is 0 Å². The Hall–Kier alpha value is -1.66. The number of rotatable bonds is 4. The molecular weight excluding hydrogens is 344 g/mol. The van der Waals surface area contributed by atoms with Gasteiger partial charge in [-0.1, -0.05) is 0 Å². The predicted molar refractivity (Wildman–Crippen MR) is 106 cm³/mol. The van der Waals surface area contributed by atoms with Gasteiger partial charge in [0.2, 0.25) is 0 Å². The number of ether oxygens (including phenoxy) is 1. The number of methoxy groups -OCH3 is 1. The van der Waals surface area contributed by atoms with Crippen LogP contribution in [-0.4, -0.2) is 54.2 Å². The van der Waals surface area contributed by atoms with Gasteiger partial charge in [0.15, 0.2) is 5.13 Å². The van der Waals surface area contributed by atoms with Gasteiger partial charge in [-0.25, -0.2) is 4.98 Å². The standard InChI is InChI=1S/C20H28N4OS/c1-25-18-5-2-9-21-19(18)16-6-12-23(13-7-16)17-4-3-11-24(14-8-17)20-22-10-15-26-20/h2,5,9-10,15-17H,3-4,6-8,11-14H2,1H3. The summed E-state index contributed by atoms with van der Waals surface area (Å²) in [6, 6.07) is 4.70. The summed E-state index contributed by atoms with van der Waals surface area (Å²) in [6.07, 6.45) is 9.98. The van der Waals surface area contributed by atoms with Crippen LogP contribution in [0.1, 0.15) is 43.7 Å². The summed E-state index contributed by atoms with van der Waals surface area (Å²) in [5, 5.41) is 3.26. The van der Waals surface area contributed by atoms with Gasteiger partial charge >= 0.3 is 0 Å². The predicted octanol–water partition coefficient (Wildman–Crippen LogP) is 3.79. The molecule has 2 aliphatic heterocycles. The van der Waals surface area contributed by atoms with Crippen LogP contribution in [0.4, 0.5) is 5.13 Å². The van der Waals surface area contributed by atoms with Gasteiger partial charge in [-0.2, -0.15) is 0 Å². The maximum Gasteiger partial charge on any atom is 0.185 e. The number of pyridine rings is 1. The summed E-state index contributed by atoms with van der Waals surface area (Å²) in [6.45, 7) is 4.62. The molecule has 2 aliphatic rings. The minimum Gasteiger partial charge on any atom is -0.495 e. The minimum atomic E-state index is 0.528. The van der Waals surface area contributed by atoms with E-state index in [4.69, 9.17) is 4.74 Å². The average molecular weight is 373 g/mol. The normalized spacial score (nSPS) is 23.0. The van der Waals surface area contributed by atoms with E-state index in [-0.39, 0.29) is 0 Å². The first-order valence-electron chi connectivity index (χ1n) is 9.72. The lowest BCUT2D eigenvalue weighted by Crippen LogP contribution is -2.41. The van der Waals surface area contributed by atoms with E-state index in [1.807, 2.05) is 24.5 Å². The lowest BCUT2D eigenvalue weighted by atomic mass is 9.91. The highest BCUT2D eigenvalue weighted by Gasteiger charge is 2.29. The number of piperidine rings is 1. The van der Waals surface area contributed by atoms with Crippen LogP contribution < -0.4 is 9.64 Å². The molecule has 4 heterocycles. The van der Waals surface area contributed by atoms with E-state index in [0.717, 1.165) is 24.5 Å². The average Bonchev–Trinajstić information content (AvgIpc) is 3.13. The molecule has 0 aromatic carbocycles. The van der Waals surface area contributed by atoms with E-state index in [1.54, 1.807) is 18.4 Å². The Kier molecular flexibility index (Phi) is 5.70. The van der Waals surface area contributed by atoms with Crippen molar-refractivity contribution in [2.24, 2.45) is 0 Å². The fraction of sp³-hybridized carbons (Fsp3) is 0.600. The third kappa shape index (κ3) is 3.86. The van der Waals surface area contributed by atoms with E-state index in [2.05, 4.69) is 25.1 Å². The molecule has 2 aromatic rings. The summed E-state index contributed by atoms with van der Waals surface area (Å²) in [5.74, 6) is 1.47. The van der Waals surface area contributed by atoms with Gasteiger partial charge in [-0.3, -0.25) is 4.98 Å². The largest absolute Gasteiger partial charge is 0.495 e. The molecule has 6 heteroatoms. The van der Waals surface area contributed by atoms with Crippen LogP contribution in [0.2, 0.25) is 0 Å². The lowest BCUT2D eigenvalue weighted by molar-refractivity contribution is 0.140. The number of nitrogens with zero attached hydrogens (tertiary/aromatic N) is 4. The molecule has 0 spiro atoms. The van der Waals surface area contributed by atoms with E-state index in [9.17, 15) is 0 Å². The maximum absolute atomic E-state index is 5.52. The molecule has 0 radical (unpaired) electrons. The van der Waals surface area contributed by atoms with Crippen molar-refractivity contribution in [2.45, 2.75) is 44.1 Å². The Morgan fingerprint density at radius 3 is 2.69 bits per heavy atom. The van der Waals surface area contributed by atoms with Crippen LogP contribution >= 0.6 is 11.3 Å². The number of anilines is 1. The Morgan fingerprint density at radius 2 is 1.92 bits per heavy atom. The molecule has 26 heavy (non-hydrogen) atoms. The summed E-state index contributed by atoms with van der Waals surface area (Å²) < 4.78 is 5.52. The maximum atomic E-state index is 5.52. The molecule has 0 saturated carbocycles. The van der Waals surface area contributed by atoms with Gasteiger partial charge in [0.1, 0.15) is 5.75 Å². The van der Waals surface area contributed by atoms with Crippen LogP contribution in [0.3, 0.4) is 0 Å². The number of aromatic nitrogens is 2. The van der Waals surface area contributed by atoms with Crippen molar-refractivity contribution in [1.29, 1.82) is 0 Å². The van der Waals surface area contributed by atoms with E-state index in [1.165, 1.54) is 50.3 Å². The molecule has 0 amide bonds. The molecule has 2 saturated heterocycles. The topological polar surface area (TPSA) is 41.5 Å². The van der Waals surface area contributed by atoms with Crippen LogP contribution in [-0.2, 0) is 0 Å². The van der Waals surface area contributed by atoms with Crippen molar-refractivity contribution in [2.75, 3.05) is 38.2 Å². The highest BCUT2D eigenvalue weighted by atomic mass is 32.1. The van der Waals surface area contributed by atoms with Gasteiger partial charge in [0.05, 0.1) is 12.8 Å². The van der Waals surface area contributed by atoms with Crippen molar-refractivity contribution < 1.29 is 4.74 Å². The van der Waals surface area contributed by atoms with Crippen LogP contribution in [0.15, 0.2) is 29.9 Å². The monoisotopic (exact) mass is 372 g/mol. The zero-order valence-electron chi connectivity index (χ0n) is 15.5. The first-order chi connectivity index (χ1) is 12.8. The van der Waals surface area contributed by atoms with Gasteiger partial charge in [-0.05, 0) is 57.3 Å². The van der Waals surface area contributed by atoms with Gasteiger partial charge < -0.3 is 14.5 Å². The van der Waals surface area contributed by atoms with Crippen LogP contribution in [0, 0.1) is 0 Å². The Labute approximate surface area is 160 Å². The van der Waals surface area contributed by atoms with E-state index in [0.29, 0.717) is 12.0 Å². The van der Waals surface area contributed by atoms with Crippen LogP contribution in [0.5, 0.6) is 5.75 Å². The summed E-state index contributed by atoms with van der Waals surface area (Å²) >= 11 is 1.76. The molecule has 140 valence electrons. The highest BCUT2D eigenvalue weighted by Crippen LogP contribution is 2.34. The molecule has 2 fully saturated rings. The lowest BCUT2D eigenvalue weighted by Gasteiger charge is -2.37. The number of thiazole rings is 1. The zero-order chi connectivity index (χ0) is 17.8. The number of likely N-dealkylation sites (tertiary alicyclic amines) is 1. The Bertz CT molecular complexity index is 685. The summed E-state index contributed by atoms with van der Waals surface area (Å²) in [5.41, 5.74) is 1.14. The summed E-state index contributed by atoms with van der Waals surface area (Å²) in [4.78, 5) is 14.3. The highest BCUT2D eigenvalue weighted by molar-refractivity contribution is 7.13. The second-order valence-electron chi connectivity index (χ2n) is 7.29. The smallest absolute Gasteiger partial charge is 0.185 e. The second-order valence-corrected chi connectivity index (χ2v) is 8.16. The first-order valence-corrected chi connectivity index (χ1v) is 10.6. The molecule has 4 rings (SSSR count). The van der Waals surface area contributed by atoms with Crippen molar-refractivity contribution in [3.63, 3.8) is 0 Å². The second kappa shape index (κ2) is 8.35. The quantitative estimate of drug-likeness (QED) is 0.817. The number of hydrogen-bond donors (Lipinski definition) is 0. The summed E-state index contributed by atoms with van der Waals surface area (Å²) in [7, 11) is 1.75. The minimum absolute atomic E-state index is 0.528. The van der Waals surface area contributed by atoms with E-state index < -0.39 is 0 Å². The SMILES string of the molecule is COc1cccnc1C1CCN(C2CCCN(c3nccs3)CC2)CC1. The zero-order valence-corrected chi connectivity index (χ0v) is 16.3. The molecule has 0 bridgehead atoms. The number of hydrogen-bond acceptors (Lipinski definition) is 6. The van der Waals surface area contributed by atoms with Gasteiger partial charge in [-0.15, -0.1) is 11.3 Å². The van der Waals surface area contributed by atoms with Crippen molar-refractivity contribution in [1.82, 2.24) is 14.9 Å². The third-order valence-corrected chi connectivity index (χ3v) is 6.67. The van der Waals surface area contributed by atoms with Gasteiger partial charge in [0, 0.05) is 42.8 Å². The van der Waals surface area contributed by atoms with Gasteiger partial charge in [0.25, 0.3) is 0 Å². The molecule has 1 atom stereocenters.